The number of aliphatic imine (C=N–C) groups is 1. The zero-order chi connectivity index (χ0) is 10.3. The maximum atomic E-state index is 11.0. The summed E-state index contributed by atoms with van der Waals surface area (Å²) < 4.78 is 0. The number of nitrogens with two attached hydrogens (primary N) is 1. The van der Waals surface area contributed by atoms with Gasteiger partial charge < -0.3 is 5.73 Å². The van der Waals surface area contributed by atoms with E-state index in [0.717, 1.165) is 22.6 Å². The molecule has 1 amide bonds. The molecule has 74 valence electrons. The molecular formula is C9H11N3O2. The molecule has 0 atom stereocenters. The van der Waals surface area contributed by atoms with Crippen LogP contribution in [-0.4, -0.2) is 28.6 Å². The third-order valence-electron chi connectivity index (χ3n) is 2.48. The molecule has 0 saturated carbocycles. The van der Waals surface area contributed by atoms with Gasteiger partial charge in [0.15, 0.2) is 5.84 Å². The molecule has 0 aromatic heterocycles. The first-order valence-corrected chi connectivity index (χ1v) is 4.36. The maximum Gasteiger partial charge on any atom is 0.250 e. The average Bonchev–Trinajstić information content (AvgIpc) is 2.59. The Morgan fingerprint density at radius 2 is 2.43 bits per heavy atom. The number of carbonyl (C=O) groups excluding carboxylic acids is 1. The summed E-state index contributed by atoms with van der Waals surface area (Å²) in [5, 5.41) is 10.4. The Morgan fingerprint density at radius 1 is 1.71 bits per heavy atom. The van der Waals surface area contributed by atoms with Gasteiger partial charge in [0.05, 0.1) is 5.57 Å². The Morgan fingerprint density at radius 3 is 3.07 bits per heavy atom. The summed E-state index contributed by atoms with van der Waals surface area (Å²) >= 11 is 0. The van der Waals surface area contributed by atoms with Gasteiger partial charge in [0.1, 0.15) is 0 Å². The summed E-state index contributed by atoms with van der Waals surface area (Å²) in [6.07, 6.45) is 2.06. The second-order valence-electron chi connectivity index (χ2n) is 3.31. The normalized spacial score (nSPS) is 20.6. The van der Waals surface area contributed by atoms with Crippen LogP contribution in [0.15, 0.2) is 27.9 Å². The minimum absolute atomic E-state index is 0.350. The van der Waals surface area contributed by atoms with E-state index in [1.54, 1.807) is 0 Å². The van der Waals surface area contributed by atoms with Crippen molar-refractivity contribution < 1.29 is 10.0 Å². The molecule has 0 saturated heterocycles. The van der Waals surface area contributed by atoms with Gasteiger partial charge in [-0.25, -0.2) is 5.06 Å². The van der Waals surface area contributed by atoms with Crippen molar-refractivity contribution >= 4 is 11.7 Å². The highest BCUT2D eigenvalue weighted by Crippen LogP contribution is 2.28. The largest absolute Gasteiger partial charge is 0.366 e. The summed E-state index contributed by atoms with van der Waals surface area (Å²) in [7, 11) is 0. The minimum atomic E-state index is -0.528. The van der Waals surface area contributed by atoms with E-state index < -0.39 is 5.91 Å². The van der Waals surface area contributed by atoms with Crippen molar-refractivity contribution in [3.63, 3.8) is 0 Å². The number of nitrogens with zero attached hydrogens (tertiary/aromatic N) is 2. The van der Waals surface area contributed by atoms with Crippen molar-refractivity contribution in [1.29, 1.82) is 0 Å². The predicted octanol–water partition coefficient (Wildman–Crippen LogP) is 0.179. The molecule has 2 heterocycles. The van der Waals surface area contributed by atoms with Crippen LogP contribution in [0.25, 0.3) is 0 Å². The fourth-order valence-electron chi connectivity index (χ4n) is 1.74. The Hall–Kier alpha value is -1.62. The molecule has 3 N–H and O–H groups in total. The number of primary amides is 1. The monoisotopic (exact) mass is 193 g/mol. The zero-order valence-electron chi connectivity index (χ0n) is 7.82. The van der Waals surface area contributed by atoms with Crippen molar-refractivity contribution in [3.8, 4) is 0 Å². The van der Waals surface area contributed by atoms with Crippen molar-refractivity contribution in [2.75, 3.05) is 6.54 Å². The van der Waals surface area contributed by atoms with E-state index in [-0.39, 0.29) is 0 Å². The molecule has 2 rings (SSSR count). The Labute approximate surface area is 81.2 Å². The Kier molecular flexibility index (Phi) is 1.89. The number of amidine groups is 1. The molecule has 0 fully saturated rings. The van der Waals surface area contributed by atoms with Crippen LogP contribution < -0.4 is 5.73 Å². The molecule has 2 aliphatic heterocycles. The highest BCUT2D eigenvalue weighted by atomic mass is 16.5. The molecule has 14 heavy (non-hydrogen) atoms. The molecule has 0 aromatic rings. The lowest BCUT2D eigenvalue weighted by molar-refractivity contribution is -0.114. The average molecular weight is 193 g/mol. The van der Waals surface area contributed by atoms with Gasteiger partial charge in [-0.05, 0) is 18.9 Å². The van der Waals surface area contributed by atoms with E-state index in [0.29, 0.717) is 18.0 Å². The SMILES string of the molecule is CC1=C2CCN=C2N(O)C=C1C(N)=O. The maximum absolute atomic E-state index is 11.0. The number of hydrogen-bond acceptors (Lipinski definition) is 4. The number of carbonyl (C=O) groups is 1. The predicted molar refractivity (Wildman–Crippen MR) is 50.5 cm³/mol. The van der Waals surface area contributed by atoms with Crippen LogP contribution in [-0.2, 0) is 4.79 Å². The van der Waals surface area contributed by atoms with Gasteiger partial charge in [0, 0.05) is 18.3 Å². The third kappa shape index (κ3) is 1.13. The molecule has 0 spiro atoms. The summed E-state index contributed by atoms with van der Waals surface area (Å²) in [5.41, 5.74) is 7.26. The third-order valence-corrected chi connectivity index (χ3v) is 2.48. The first-order valence-electron chi connectivity index (χ1n) is 4.36. The first-order chi connectivity index (χ1) is 6.61. The van der Waals surface area contributed by atoms with Crippen LogP contribution in [0.4, 0.5) is 0 Å². The summed E-state index contributed by atoms with van der Waals surface area (Å²) in [6.45, 7) is 2.47. The molecule has 5 heteroatoms. The van der Waals surface area contributed by atoms with Crippen molar-refractivity contribution in [1.82, 2.24) is 5.06 Å². The molecule has 5 nitrogen and oxygen atoms in total. The molecule has 0 bridgehead atoms. The molecule has 0 aliphatic carbocycles. The second-order valence-corrected chi connectivity index (χ2v) is 3.31. The van der Waals surface area contributed by atoms with Crippen molar-refractivity contribution in [3.05, 3.63) is 22.9 Å². The standard InChI is InChI=1S/C9H11N3O2/c1-5-6-2-3-11-9(6)12(14)4-7(5)8(10)13/h4,14H,2-3H2,1H3,(H2,10,13). The van der Waals surface area contributed by atoms with Gasteiger partial charge in [-0.3, -0.25) is 15.0 Å². The number of amides is 1. The van der Waals surface area contributed by atoms with Gasteiger partial charge in [-0.2, -0.15) is 0 Å². The topological polar surface area (TPSA) is 78.9 Å². The summed E-state index contributed by atoms with van der Waals surface area (Å²) in [5.74, 6) is 0.00694. The van der Waals surface area contributed by atoms with Gasteiger partial charge in [-0.1, -0.05) is 0 Å². The van der Waals surface area contributed by atoms with E-state index in [1.165, 1.54) is 6.20 Å². The number of rotatable bonds is 1. The molecule has 2 aliphatic rings. The van der Waals surface area contributed by atoms with Crippen molar-refractivity contribution in [2.45, 2.75) is 13.3 Å². The molecular weight excluding hydrogens is 182 g/mol. The minimum Gasteiger partial charge on any atom is -0.366 e. The highest BCUT2D eigenvalue weighted by molar-refractivity contribution is 6.07. The lowest BCUT2D eigenvalue weighted by Gasteiger charge is -2.22. The van der Waals surface area contributed by atoms with Crippen LogP contribution in [0.2, 0.25) is 0 Å². The number of hydroxylamine groups is 2. The molecule has 0 aromatic carbocycles. The van der Waals surface area contributed by atoms with E-state index in [4.69, 9.17) is 5.73 Å². The quantitative estimate of drug-likeness (QED) is 0.623. The van der Waals surface area contributed by atoms with Gasteiger partial charge in [0.25, 0.3) is 5.91 Å². The molecule has 0 unspecified atom stereocenters. The first kappa shape index (κ1) is 8.96. The van der Waals surface area contributed by atoms with Crippen LogP contribution in [0.3, 0.4) is 0 Å². The van der Waals surface area contributed by atoms with Gasteiger partial charge >= 0.3 is 0 Å². The second kappa shape index (κ2) is 2.95. The fraction of sp³-hybridized carbons (Fsp3) is 0.333. The van der Waals surface area contributed by atoms with Crippen LogP contribution in [0.5, 0.6) is 0 Å². The smallest absolute Gasteiger partial charge is 0.250 e. The van der Waals surface area contributed by atoms with E-state index in [9.17, 15) is 10.0 Å². The van der Waals surface area contributed by atoms with E-state index >= 15 is 0 Å². The molecule has 0 radical (unpaired) electrons. The van der Waals surface area contributed by atoms with Crippen LogP contribution >= 0.6 is 0 Å². The van der Waals surface area contributed by atoms with Gasteiger partial charge in [-0.15, -0.1) is 0 Å². The summed E-state index contributed by atoms with van der Waals surface area (Å²) in [4.78, 5) is 15.2. The lowest BCUT2D eigenvalue weighted by Crippen LogP contribution is -2.30. The van der Waals surface area contributed by atoms with Crippen LogP contribution in [0.1, 0.15) is 13.3 Å². The Bertz CT molecular complexity index is 393. The van der Waals surface area contributed by atoms with Gasteiger partial charge in [0.2, 0.25) is 0 Å². The highest BCUT2D eigenvalue weighted by Gasteiger charge is 2.27. The lowest BCUT2D eigenvalue weighted by atomic mass is 9.97. The van der Waals surface area contributed by atoms with Crippen molar-refractivity contribution in [2.24, 2.45) is 10.7 Å². The number of fused-ring (bicyclic) bond motifs is 1. The van der Waals surface area contributed by atoms with E-state index in [1.807, 2.05) is 6.92 Å². The Balaban J connectivity index is 2.50. The van der Waals surface area contributed by atoms with E-state index in [2.05, 4.69) is 4.99 Å². The zero-order valence-corrected chi connectivity index (χ0v) is 7.82. The fourth-order valence-corrected chi connectivity index (χ4v) is 1.74. The van der Waals surface area contributed by atoms with Crippen LogP contribution in [0, 0.1) is 0 Å². The summed E-state index contributed by atoms with van der Waals surface area (Å²) in [6, 6.07) is 0. The number of hydrogen-bond donors (Lipinski definition) is 2.